The van der Waals surface area contributed by atoms with Gasteiger partial charge in [0.15, 0.2) is 4.90 Å². The van der Waals surface area contributed by atoms with Gasteiger partial charge in [0.05, 0.1) is 5.56 Å². The first-order valence-corrected chi connectivity index (χ1v) is 7.47. The highest BCUT2D eigenvalue weighted by Crippen LogP contribution is 2.42. The summed E-state index contributed by atoms with van der Waals surface area (Å²) in [5.74, 6) is -2.69. The van der Waals surface area contributed by atoms with Crippen molar-refractivity contribution in [3.8, 4) is 5.88 Å². The number of alkyl halides is 7. The second-order valence-electron chi connectivity index (χ2n) is 3.41. The quantitative estimate of drug-likeness (QED) is 0.458. The predicted octanol–water partition coefficient (Wildman–Crippen LogP) is 3.67. The van der Waals surface area contributed by atoms with E-state index >= 15 is 0 Å². The van der Waals surface area contributed by atoms with Gasteiger partial charge in [0, 0.05) is 22.8 Å². The second-order valence-corrected chi connectivity index (χ2v) is 6.18. The van der Waals surface area contributed by atoms with Gasteiger partial charge in [-0.25, -0.2) is 13.4 Å². The average Bonchev–Trinajstić information content (AvgIpc) is 2.23. The maximum Gasteiger partial charge on any atom is 0.574 e. The highest BCUT2D eigenvalue weighted by molar-refractivity contribution is 8.13. The standard InChI is InChI=1S/C8H3Cl2F6NO3S/c9-1-3-2-17-6(20-8(14,15)16)5(21(10,18)19)4(3)7(11,12)13/h2H,1H2. The summed E-state index contributed by atoms with van der Waals surface area (Å²) in [5.41, 5.74) is -2.82. The van der Waals surface area contributed by atoms with Gasteiger partial charge in [-0.05, 0) is 5.56 Å². The average molecular weight is 378 g/mol. The highest BCUT2D eigenvalue weighted by atomic mass is 35.7. The minimum Gasteiger partial charge on any atom is -0.386 e. The number of ether oxygens (including phenoxy) is 1. The molecule has 1 aromatic rings. The molecule has 13 heteroatoms. The Balaban J connectivity index is 3.78. The Bertz CT molecular complexity index is 643. The third-order valence-corrected chi connectivity index (χ3v) is 3.58. The molecule has 0 amide bonds. The molecule has 1 heterocycles. The molecule has 0 unspecified atom stereocenters. The number of nitrogens with zero attached hydrogens (tertiary/aromatic N) is 1. The molecule has 0 saturated heterocycles. The van der Waals surface area contributed by atoms with Crippen LogP contribution in [0.5, 0.6) is 5.88 Å². The number of pyridine rings is 1. The molecule has 0 atom stereocenters. The normalized spacial score (nSPS) is 13.3. The zero-order valence-corrected chi connectivity index (χ0v) is 11.7. The third-order valence-electron chi connectivity index (χ3n) is 1.96. The van der Waals surface area contributed by atoms with E-state index in [1.54, 1.807) is 0 Å². The molecule has 0 radical (unpaired) electrons. The molecule has 21 heavy (non-hydrogen) atoms. The van der Waals surface area contributed by atoms with Crippen molar-refractivity contribution in [2.24, 2.45) is 0 Å². The lowest BCUT2D eigenvalue weighted by Crippen LogP contribution is -2.22. The van der Waals surface area contributed by atoms with Gasteiger partial charge >= 0.3 is 12.5 Å². The zero-order valence-electron chi connectivity index (χ0n) is 9.39. The Morgan fingerprint density at radius 2 is 1.71 bits per heavy atom. The van der Waals surface area contributed by atoms with E-state index in [-0.39, 0.29) is 0 Å². The van der Waals surface area contributed by atoms with Crippen LogP contribution in [0.1, 0.15) is 11.1 Å². The fourth-order valence-corrected chi connectivity index (χ4v) is 2.76. The van der Waals surface area contributed by atoms with Crippen LogP contribution in [0.4, 0.5) is 26.3 Å². The smallest absolute Gasteiger partial charge is 0.386 e. The van der Waals surface area contributed by atoms with Crippen molar-refractivity contribution in [3.63, 3.8) is 0 Å². The maximum atomic E-state index is 12.9. The van der Waals surface area contributed by atoms with Crippen LogP contribution < -0.4 is 4.74 Å². The minimum absolute atomic E-state index is 0.322. The zero-order chi connectivity index (χ0) is 16.6. The Labute approximate surface area is 123 Å². The van der Waals surface area contributed by atoms with Crippen LogP contribution in [0.25, 0.3) is 0 Å². The van der Waals surface area contributed by atoms with E-state index in [2.05, 4.69) is 9.72 Å². The number of halogens is 8. The SMILES string of the molecule is O=S(=O)(Cl)c1c(OC(F)(F)F)ncc(CCl)c1C(F)(F)F. The largest absolute Gasteiger partial charge is 0.574 e. The Morgan fingerprint density at radius 3 is 2.05 bits per heavy atom. The fourth-order valence-electron chi connectivity index (χ4n) is 1.33. The third kappa shape index (κ3) is 4.51. The van der Waals surface area contributed by atoms with Crippen LogP contribution in [0.3, 0.4) is 0 Å². The lowest BCUT2D eigenvalue weighted by molar-refractivity contribution is -0.277. The number of hydrogen-bond acceptors (Lipinski definition) is 4. The molecule has 4 nitrogen and oxygen atoms in total. The first-order chi connectivity index (χ1) is 9.27. The molecule has 0 N–H and O–H groups in total. The molecule has 0 aliphatic rings. The monoisotopic (exact) mass is 377 g/mol. The molecule has 0 spiro atoms. The van der Waals surface area contributed by atoms with Crippen molar-refractivity contribution in [1.82, 2.24) is 4.98 Å². The molecular weight excluding hydrogens is 375 g/mol. The van der Waals surface area contributed by atoms with Gasteiger partial charge in [0.2, 0.25) is 5.88 Å². The van der Waals surface area contributed by atoms with Crippen molar-refractivity contribution in [2.45, 2.75) is 23.3 Å². The maximum absolute atomic E-state index is 12.9. The summed E-state index contributed by atoms with van der Waals surface area (Å²) < 4.78 is 101. The summed E-state index contributed by atoms with van der Waals surface area (Å²) in [6.07, 6.45) is -10.5. The van der Waals surface area contributed by atoms with E-state index < -0.39 is 49.4 Å². The fraction of sp³-hybridized carbons (Fsp3) is 0.375. The molecule has 0 saturated carbocycles. The molecule has 0 aliphatic carbocycles. The summed E-state index contributed by atoms with van der Waals surface area (Å²) in [6.45, 7) is 0. The predicted molar refractivity (Wildman–Crippen MR) is 58.5 cm³/mol. The topological polar surface area (TPSA) is 56.3 Å². The molecule has 0 aromatic carbocycles. The minimum atomic E-state index is -5.46. The van der Waals surface area contributed by atoms with Gasteiger partial charge in [-0.2, -0.15) is 13.2 Å². The van der Waals surface area contributed by atoms with Gasteiger partial charge in [-0.3, -0.25) is 0 Å². The Kier molecular flexibility index (Phi) is 4.91. The molecule has 120 valence electrons. The summed E-state index contributed by atoms with van der Waals surface area (Å²) in [5, 5.41) is 0. The highest BCUT2D eigenvalue weighted by Gasteiger charge is 2.44. The summed E-state index contributed by atoms with van der Waals surface area (Å²) >= 11 is 5.20. The molecule has 0 fully saturated rings. The van der Waals surface area contributed by atoms with Gasteiger partial charge in [-0.15, -0.1) is 24.8 Å². The Hall–Kier alpha value is -0.940. The molecular formula is C8H3Cl2F6NO3S. The van der Waals surface area contributed by atoms with Crippen molar-refractivity contribution in [1.29, 1.82) is 0 Å². The lowest BCUT2D eigenvalue weighted by Gasteiger charge is -2.17. The van der Waals surface area contributed by atoms with Crippen LogP contribution in [-0.2, 0) is 21.1 Å². The van der Waals surface area contributed by atoms with Gasteiger partial charge < -0.3 is 4.74 Å². The van der Waals surface area contributed by atoms with E-state index in [0.29, 0.717) is 6.20 Å². The molecule has 0 bridgehead atoms. The lowest BCUT2D eigenvalue weighted by atomic mass is 10.1. The van der Waals surface area contributed by atoms with E-state index in [0.717, 1.165) is 0 Å². The molecule has 1 rings (SSSR count). The van der Waals surface area contributed by atoms with Crippen LogP contribution >= 0.6 is 22.3 Å². The van der Waals surface area contributed by atoms with Crippen molar-refractivity contribution >= 4 is 31.3 Å². The number of hydrogen-bond donors (Lipinski definition) is 0. The number of rotatable bonds is 3. The van der Waals surface area contributed by atoms with Crippen LogP contribution in [0, 0.1) is 0 Å². The van der Waals surface area contributed by atoms with Crippen molar-refractivity contribution in [3.05, 3.63) is 17.3 Å². The van der Waals surface area contributed by atoms with E-state index in [1.165, 1.54) is 0 Å². The van der Waals surface area contributed by atoms with Crippen molar-refractivity contribution in [2.75, 3.05) is 0 Å². The van der Waals surface area contributed by atoms with E-state index in [4.69, 9.17) is 22.3 Å². The summed E-state index contributed by atoms with van der Waals surface area (Å²) in [4.78, 5) is 0.947. The van der Waals surface area contributed by atoms with Crippen LogP contribution in [-0.4, -0.2) is 19.8 Å². The van der Waals surface area contributed by atoms with Crippen LogP contribution in [0.2, 0.25) is 0 Å². The van der Waals surface area contributed by atoms with Gasteiger partial charge in [0.1, 0.15) is 0 Å². The van der Waals surface area contributed by atoms with E-state index in [9.17, 15) is 34.8 Å². The van der Waals surface area contributed by atoms with Gasteiger partial charge in [-0.1, -0.05) is 0 Å². The molecule has 1 aromatic heterocycles. The first-order valence-electron chi connectivity index (χ1n) is 4.63. The number of aromatic nitrogens is 1. The summed E-state index contributed by atoms with van der Waals surface area (Å²) in [6, 6.07) is 0. The van der Waals surface area contributed by atoms with Crippen molar-refractivity contribution < 1.29 is 39.5 Å². The Morgan fingerprint density at radius 1 is 1.19 bits per heavy atom. The van der Waals surface area contributed by atoms with E-state index in [1.807, 2.05) is 0 Å². The summed E-state index contributed by atoms with van der Waals surface area (Å²) in [7, 11) is -0.472. The van der Waals surface area contributed by atoms with Crippen LogP contribution in [0.15, 0.2) is 11.1 Å². The second kappa shape index (κ2) is 5.69. The van der Waals surface area contributed by atoms with Gasteiger partial charge in [0.25, 0.3) is 9.05 Å². The molecule has 0 aliphatic heterocycles. The first kappa shape index (κ1) is 18.1.